The van der Waals surface area contributed by atoms with Crippen LogP contribution in [0.2, 0.25) is 0 Å². The lowest BCUT2D eigenvalue weighted by molar-refractivity contribution is 0.0596. The smallest absolute Gasteiger partial charge is 0.256 e. The summed E-state index contributed by atoms with van der Waals surface area (Å²) in [4.78, 5) is 16.9. The van der Waals surface area contributed by atoms with Gasteiger partial charge in [-0.25, -0.2) is 0 Å². The maximum atomic E-state index is 12.6. The number of hydrogen-bond acceptors (Lipinski definition) is 4. The summed E-state index contributed by atoms with van der Waals surface area (Å²) >= 11 is 0. The summed E-state index contributed by atoms with van der Waals surface area (Å²) in [5.74, 6) is 5.58. The number of amides is 1. The van der Waals surface area contributed by atoms with E-state index >= 15 is 0 Å². The zero-order chi connectivity index (χ0) is 14.7. The Hall–Kier alpha value is -1.59. The molecule has 5 nitrogen and oxygen atoms in total. The SMILES string of the molecule is Cc1ccc(C(=O)N2CCN(C(C)C)CC2)c(NN)c1. The van der Waals surface area contributed by atoms with Gasteiger partial charge in [0.25, 0.3) is 5.91 Å². The number of aryl methyl sites for hydroxylation is 1. The fraction of sp³-hybridized carbons (Fsp3) is 0.533. The molecule has 1 amide bonds. The molecule has 2 rings (SSSR count). The van der Waals surface area contributed by atoms with Crippen molar-refractivity contribution >= 4 is 11.6 Å². The summed E-state index contributed by atoms with van der Waals surface area (Å²) in [5.41, 5.74) is 5.05. The van der Waals surface area contributed by atoms with Crippen LogP contribution in [0.4, 0.5) is 5.69 Å². The Bertz CT molecular complexity index is 479. The molecular weight excluding hydrogens is 252 g/mol. The summed E-state index contributed by atoms with van der Waals surface area (Å²) in [5, 5.41) is 0. The molecule has 0 atom stereocenters. The molecule has 0 aromatic heterocycles. The number of nitrogens with one attached hydrogen (secondary N) is 1. The van der Waals surface area contributed by atoms with Crippen LogP contribution in [0, 0.1) is 6.92 Å². The number of anilines is 1. The minimum atomic E-state index is 0.0568. The van der Waals surface area contributed by atoms with Crippen molar-refractivity contribution in [2.24, 2.45) is 5.84 Å². The van der Waals surface area contributed by atoms with E-state index in [0.717, 1.165) is 31.7 Å². The molecule has 0 unspecified atom stereocenters. The molecule has 0 spiro atoms. The third-order valence-corrected chi connectivity index (χ3v) is 3.89. The highest BCUT2D eigenvalue weighted by Crippen LogP contribution is 2.19. The van der Waals surface area contributed by atoms with Crippen molar-refractivity contribution in [1.82, 2.24) is 9.80 Å². The first-order valence-corrected chi connectivity index (χ1v) is 7.13. The number of nitrogens with zero attached hydrogens (tertiary/aromatic N) is 2. The highest BCUT2D eigenvalue weighted by Gasteiger charge is 2.24. The predicted molar refractivity (Wildman–Crippen MR) is 81.6 cm³/mol. The highest BCUT2D eigenvalue weighted by molar-refractivity contribution is 5.99. The van der Waals surface area contributed by atoms with E-state index in [2.05, 4.69) is 24.2 Å². The van der Waals surface area contributed by atoms with Crippen molar-refractivity contribution in [3.8, 4) is 0 Å². The van der Waals surface area contributed by atoms with Crippen LogP contribution in [0.5, 0.6) is 0 Å². The average Bonchev–Trinajstić information content (AvgIpc) is 2.46. The number of hydrogen-bond donors (Lipinski definition) is 2. The molecule has 1 aliphatic heterocycles. The monoisotopic (exact) mass is 276 g/mol. The van der Waals surface area contributed by atoms with Crippen molar-refractivity contribution in [3.05, 3.63) is 29.3 Å². The minimum Gasteiger partial charge on any atom is -0.336 e. The molecule has 0 aliphatic carbocycles. The maximum absolute atomic E-state index is 12.6. The van der Waals surface area contributed by atoms with Crippen molar-refractivity contribution in [2.45, 2.75) is 26.8 Å². The molecule has 1 saturated heterocycles. The lowest BCUT2D eigenvalue weighted by Gasteiger charge is -2.37. The second kappa shape index (κ2) is 6.24. The predicted octanol–water partition coefficient (Wildman–Crippen LogP) is 1.45. The molecule has 5 heteroatoms. The second-order valence-corrected chi connectivity index (χ2v) is 5.62. The average molecular weight is 276 g/mol. The molecule has 110 valence electrons. The van der Waals surface area contributed by atoms with Gasteiger partial charge >= 0.3 is 0 Å². The van der Waals surface area contributed by atoms with Crippen LogP contribution in [0.15, 0.2) is 18.2 Å². The third-order valence-electron chi connectivity index (χ3n) is 3.89. The van der Waals surface area contributed by atoms with E-state index in [1.54, 1.807) is 0 Å². The van der Waals surface area contributed by atoms with Crippen LogP contribution in [-0.4, -0.2) is 47.9 Å². The van der Waals surface area contributed by atoms with Gasteiger partial charge in [0.2, 0.25) is 0 Å². The Morgan fingerprint density at radius 1 is 1.25 bits per heavy atom. The summed E-state index contributed by atoms with van der Waals surface area (Å²) in [6, 6.07) is 6.23. The van der Waals surface area contributed by atoms with E-state index in [1.807, 2.05) is 30.0 Å². The molecule has 0 radical (unpaired) electrons. The van der Waals surface area contributed by atoms with Crippen molar-refractivity contribution in [1.29, 1.82) is 0 Å². The Labute approximate surface area is 120 Å². The highest BCUT2D eigenvalue weighted by atomic mass is 16.2. The van der Waals surface area contributed by atoms with Crippen LogP contribution in [0.3, 0.4) is 0 Å². The van der Waals surface area contributed by atoms with Crippen molar-refractivity contribution in [3.63, 3.8) is 0 Å². The Kier molecular flexibility index (Phi) is 4.62. The number of carbonyl (C=O) groups excluding carboxylic acids is 1. The molecule has 20 heavy (non-hydrogen) atoms. The number of carbonyl (C=O) groups is 1. The molecular formula is C15H24N4O. The van der Waals surface area contributed by atoms with E-state index in [0.29, 0.717) is 17.3 Å². The Balaban J connectivity index is 2.09. The van der Waals surface area contributed by atoms with Crippen LogP contribution in [-0.2, 0) is 0 Å². The number of benzene rings is 1. The van der Waals surface area contributed by atoms with Gasteiger partial charge in [-0.3, -0.25) is 15.5 Å². The molecule has 1 aliphatic rings. The van der Waals surface area contributed by atoms with Gasteiger partial charge in [-0.15, -0.1) is 0 Å². The number of rotatable bonds is 3. The summed E-state index contributed by atoms with van der Waals surface area (Å²) in [6.07, 6.45) is 0. The van der Waals surface area contributed by atoms with E-state index in [9.17, 15) is 4.79 Å². The standard InChI is InChI=1S/C15H24N4O/c1-11(2)18-6-8-19(9-7-18)15(20)13-5-4-12(3)10-14(13)17-16/h4-5,10-11,17H,6-9,16H2,1-3H3. The third kappa shape index (κ3) is 3.11. The summed E-state index contributed by atoms with van der Waals surface area (Å²) in [7, 11) is 0. The zero-order valence-corrected chi connectivity index (χ0v) is 12.5. The maximum Gasteiger partial charge on any atom is 0.256 e. The molecule has 1 aromatic rings. The first-order chi connectivity index (χ1) is 9.52. The normalized spacial score (nSPS) is 16.6. The lowest BCUT2D eigenvalue weighted by Crippen LogP contribution is -2.50. The Morgan fingerprint density at radius 2 is 1.90 bits per heavy atom. The molecule has 1 aromatic carbocycles. The minimum absolute atomic E-state index is 0.0568. The first-order valence-electron chi connectivity index (χ1n) is 7.13. The molecule has 0 saturated carbocycles. The molecule has 1 fully saturated rings. The van der Waals surface area contributed by atoms with E-state index in [-0.39, 0.29) is 5.91 Å². The van der Waals surface area contributed by atoms with Gasteiger partial charge in [0.15, 0.2) is 0 Å². The van der Waals surface area contributed by atoms with Crippen LogP contribution >= 0.6 is 0 Å². The zero-order valence-electron chi connectivity index (χ0n) is 12.5. The largest absolute Gasteiger partial charge is 0.336 e. The Morgan fingerprint density at radius 3 is 2.45 bits per heavy atom. The van der Waals surface area contributed by atoms with Gasteiger partial charge in [0, 0.05) is 32.2 Å². The first kappa shape index (κ1) is 14.8. The van der Waals surface area contributed by atoms with Gasteiger partial charge in [-0.1, -0.05) is 6.07 Å². The van der Waals surface area contributed by atoms with Gasteiger partial charge < -0.3 is 10.3 Å². The van der Waals surface area contributed by atoms with Gasteiger partial charge in [-0.05, 0) is 38.5 Å². The topological polar surface area (TPSA) is 61.6 Å². The number of nitrogens with two attached hydrogens (primary N) is 1. The molecule has 3 N–H and O–H groups in total. The van der Waals surface area contributed by atoms with E-state index < -0.39 is 0 Å². The number of hydrazine groups is 1. The fourth-order valence-corrected chi connectivity index (χ4v) is 2.58. The summed E-state index contributed by atoms with van der Waals surface area (Å²) < 4.78 is 0. The van der Waals surface area contributed by atoms with Crippen molar-refractivity contribution < 1.29 is 4.79 Å². The van der Waals surface area contributed by atoms with Gasteiger partial charge in [0.1, 0.15) is 0 Å². The quantitative estimate of drug-likeness (QED) is 0.648. The number of piperazine rings is 1. The van der Waals surface area contributed by atoms with Crippen molar-refractivity contribution in [2.75, 3.05) is 31.6 Å². The lowest BCUT2D eigenvalue weighted by atomic mass is 10.1. The van der Waals surface area contributed by atoms with Gasteiger partial charge in [-0.2, -0.15) is 0 Å². The summed E-state index contributed by atoms with van der Waals surface area (Å²) in [6.45, 7) is 9.77. The van der Waals surface area contributed by atoms with E-state index in [1.165, 1.54) is 0 Å². The van der Waals surface area contributed by atoms with Gasteiger partial charge in [0.05, 0.1) is 11.3 Å². The fourth-order valence-electron chi connectivity index (χ4n) is 2.58. The van der Waals surface area contributed by atoms with Crippen LogP contribution in [0.25, 0.3) is 0 Å². The number of nitrogen functional groups attached to an aromatic ring is 1. The van der Waals surface area contributed by atoms with Crippen LogP contribution < -0.4 is 11.3 Å². The molecule has 0 bridgehead atoms. The molecule has 1 heterocycles. The van der Waals surface area contributed by atoms with Crippen LogP contribution in [0.1, 0.15) is 29.8 Å². The second-order valence-electron chi connectivity index (χ2n) is 5.62. The van der Waals surface area contributed by atoms with E-state index in [4.69, 9.17) is 5.84 Å².